The van der Waals surface area contributed by atoms with Gasteiger partial charge in [0.25, 0.3) is 5.56 Å². The summed E-state index contributed by atoms with van der Waals surface area (Å²) in [6.07, 6.45) is 6.63. The lowest BCUT2D eigenvalue weighted by Gasteiger charge is -1.99. The smallest absolute Gasteiger partial charge is 0.275 e. The monoisotopic (exact) mass is 274 g/mol. The van der Waals surface area contributed by atoms with Gasteiger partial charge in [-0.15, -0.1) is 0 Å². The largest absolute Gasteiger partial charge is 0.285 e. The zero-order valence-corrected chi connectivity index (χ0v) is 10.6. The molecule has 0 radical (unpaired) electrons. The number of aromatic nitrogens is 2. The highest BCUT2D eigenvalue weighted by atomic mass is 35.5. The summed E-state index contributed by atoms with van der Waals surface area (Å²) in [5.74, 6) is 0. The topological polar surface area (TPSA) is 70.1 Å². The van der Waals surface area contributed by atoms with Crippen molar-refractivity contribution in [3.05, 3.63) is 63.5 Å². The Bertz CT molecular complexity index is 649. The Labute approximate surface area is 114 Å². The van der Waals surface area contributed by atoms with Gasteiger partial charge < -0.3 is 0 Å². The maximum Gasteiger partial charge on any atom is 0.285 e. The quantitative estimate of drug-likeness (QED) is 0.665. The number of hydrazone groups is 1. The van der Waals surface area contributed by atoms with Crippen LogP contribution in [0, 0.1) is 0 Å². The van der Waals surface area contributed by atoms with Crippen LogP contribution in [-0.4, -0.2) is 16.4 Å². The van der Waals surface area contributed by atoms with Gasteiger partial charge in [0.15, 0.2) is 0 Å². The maximum absolute atomic E-state index is 11.2. The normalized spacial score (nSPS) is 11.2. The van der Waals surface area contributed by atoms with Crippen molar-refractivity contribution in [2.24, 2.45) is 5.10 Å². The molecule has 0 amide bonds. The molecule has 0 saturated carbocycles. The summed E-state index contributed by atoms with van der Waals surface area (Å²) in [4.78, 5) is 11.2. The molecule has 0 aliphatic heterocycles. The molecule has 5 nitrogen and oxygen atoms in total. The van der Waals surface area contributed by atoms with E-state index in [0.29, 0.717) is 5.69 Å². The SMILES string of the molecule is O=c1[nH]ncc(N/N=C/C=C/c2ccccc2)c1Cl. The van der Waals surface area contributed by atoms with Gasteiger partial charge in [-0.2, -0.15) is 10.2 Å². The van der Waals surface area contributed by atoms with Gasteiger partial charge in [-0.3, -0.25) is 10.2 Å². The predicted molar refractivity (Wildman–Crippen MR) is 77.5 cm³/mol. The van der Waals surface area contributed by atoms with E-state index in [1.807, 2.05) is 36.4 Å². The van der Waals surface area contributed by atoms with E-state index in [1.54, 1.807) is 12.3 Å². The van der Waals surface area contributed by atoms with E-state index in [1.165, 1.54) is 6.20 Å². The summed E-state index contributed by atoms with van der Waals surface area (Å²) < 4.78 is 0. The molecule has 2 aromatic rings. The third-order valence-corrected chi connectivity index (χ3v) is 2.60. The summed E-state index contributed by atoms with van der Waals surface area (Å²) in [6, 6.07) is 9.83. The summed E-state index contributed by atoms with van der Waals surface area (Å²) >= 11 is 5.76. The molecule has 0 bridgehead atoms. The molecule has 2 N–H and O–H groups in total. The number of hydrogen-bond donors (Lipinski definition) is 2. The van der Waals surface area contributed by atoms with Gasteiger partial charge in [0.05, 0.1) is 6.20 Å². The van der Waals surface area contributed by atoms with Gasteiger partial charge in [-0.25, -0.2) is 5.10 Å². The lowest BCUT2D eigenvalue weighted by atomic mass is 10.2. The Morgan fingerprint density at radius 1 is 1.32 bits per heavy atom. The summed E-state index contributed by atoms with van der Waals surface area (Å²) in [7, 11) is 0. The molecule has 0 spiro atoms. The Balaban J connectivity index is 1.96. The van der Waals surface area contributed by atoms with Crippen LogP contribution in [0.3, 0.4) is 0 Å². The first-order valence-corrected chi connectivity index (χ1v) is 5.89. The molecule has 0 saturated heterocycles. The third kappa shape index (κ3) is 3.79. The molecular formula is C13H11ClN4O. The highest BCUT2D eigenvalue weighted by Gasteiger charge is 2.02. The van der Waals surface area contributed by atoms with Gasteiger partial charge in [0, 0.05) is 6.21 Å². The number of nitrogens with one attached hydrogen (secondary N) is 2. The zero-order valence-electron chi connectivity index (χ0n) is 9.88. The highest BCUT2D eigenvalue weighted by molar-refractivity contribution is 6.32. The number of nitrogens with zero attached hydrogens (tertiary/aromatic N) is 2. The van der Waals surface area contributed by atoms with E-state index in [2.05, 4.69) is 20.7 Å². The molecule has 2 rings (SSSR count). The van der Waals surface area contributed by atoms with Crippen LogP contribution >= 0.6 is 11.6 Å². The van der Waals surface area contributed by atoms with Crippen molar-refractivity contribution in [2.75, 3.05) is 5.43 Å². The fourth-order valence-corrected chi connectivity index (χ4v) is 1.46. The first-order chi connectivity index (χ1) is 9.27. The molecule has 0 fully saturated rings. The molecule has 6 heteroatoms. The maximum atomic E-state index is 11.2. The molecule has 96 valence electrons. The van der Waals surface area contributed by atoms with Crippen molar-refractivity contribution in [1.29, 1.82) is 0 Å². The van der Waals surface area contributed by atoms with Gasteiger partial charge in [0.1, 0.15) is 10.7 Å². The van der Waals surface area contributed by atoms with Crippen LogP contribution in [0.1, 0.15) is 5.56 Å². The number of benzene rings is 1. The van der Waals surface area contributed by atoms with Gasteiger partial charge in [0.2, 0.25) is 0 Å². The third-order valence-electron chi connectivity index (χ3n) is 2.23. The summed E-state index contributed by atoms with van der Waals surface area (Å²) in [6.45, 7) is 0. The van der Waals surface area contributed by atoms with Crippen LogP contribution in [0.2, 0.25) is 5.02 Å². The van der Waals surface area contributed by atoms with Gasteiger partial charge >= 0.3 is 0 Å². The second-order valence-corrected chi connectivity index (χ2v) is 3.96. The van der Waals surface area contributed by atoms with Crippen LogP contribution in [0.25, 0.3) is 6.08 Å². The van der Waals surface area contributed by atoms with Crippen molar-refractivity contribution in [3.63, 3.8) is 0 Å². The lowest BCUT2D eigenvalue weighted by Crippen LogP contribution is -2.09. The fraction of sp³-hybridized carbons (Fsp3) is 0. The van der Waals surface area contributed by atoms with E-state index < -0.39 is 5.56 Å². The van der Waals surface area contributed by atoms with Crippen LogP contribution < -0.4 is 11.0 Å². The molecule has 0 aliphatic carbocycles. The van der Waals surface area contributed by atoms with Crippen LogP contribution in [0.5, 0.6) is 0 Å². The van der Waals surface area contributed by atoms with Crippen LogP contribution in [-0.2, 0) is 0 Å². The minimum Gasteiger partial charge on any atom is -0.275 e. The lowest BCUT2D eigenvalue weighted by molar-refractivity contribution is 0.987. The number of allylic oxidation sites excluding steroid dienone is 1. The molecular weight excluding hydrogens is 264 g/mol. The second-order valence-electron chi connectivity index (χ2n) is 3.59. The molecule has 0 aliphatic rings. The molecule has 0 unspecified atom stereocenters. The average Bonchev–Trinajstić information content (AvgIpc) is 2.44. The van der Waals surface area contributed by atoms with Crippen LogP contribution in [0.4, 0.5) is 5.69 Å². The molecule has 1 aromatic heterocycles. The van der Waals surface area contributed by atoms with E-state index >= 15 is 0 Å². The van der Waals surface area contributed by atoms with E-state index in [4.69, 9.17) is 11.6 Å². The molecule has 19 heavy (non-hydrogen) atoms. The number of H-pyrrole nitrogens is 1. The minimum absolute atomic E-state index is 0.0270. The number of anilines is 1. The minimum atomic E-state index is -0.457. The number of aromatic amines is 1. The van der Waals surface area contributed by atoms with Crippen molar-refractivity contribution in [3.8, 4) is 0 Å². The molecule has 1 heterocycles. The molecule has 1 aromatic carbocycles. The Morgan fingerprint density at radius 3 is 2.89 bits per heavy atom. The number of rotatable bonds is 4. The first-order valence-electron chi connectivity index (χ1n) is 5.51. The van der Waals surface area contributed by atoms with Gasteiger partial charge in [-0.05, 0) is 11.6 Å². The summed E-state index contributed by atoms with van der Waals surface area (Å²) in [5.41, 5.74) is 3.62. The van der Waals surface area contributed by atoms with E-state index in [0.717, 1.165) is 5.56 Å². The van der Waals surface area contributed by atoms with Gasteiger partial charge in [-0.1, -0.05) is 48.0 Å². The van der Waals surface area contributed by atoms with E-state index in [9.17, 15) is 4.79 Å². The highest BCUT2D eigenvalue weighted by Crippen LogP contribution is 2.13. The average molecular weight is 275 g/mol. The van der Waals surface area contributed by atoms with E-state index in [-0.39, 0.29) is 5.02 Å². The first kappa shape index (κ1) is 13.0. The zero-order chi connectivity index (χ0) is 13.5. The number of halogens is 1. The predicted octanol–water partition coefficient (Wildman–Crippen LogP) is 2.53. The second kappa shape index (κ2) is 6.51. The Hall–Kier alpha value is -2.40. The molecule has 0 atom stereocenters. The Morgan fingerprint density at radius 2 is 2.11 bits per heavy atom. The van der Waals surface area contributed by atoms with Crippen LogP contribution in [0.15, 0.2) is 52.5 Å². The van der Waals surface area contributed by atoms with Crippen molar-refractivity contribution in [2.45, 2.75) is 0 Å². The summed E-state index contributed by atoms with van der Waals surface area (Å²) in [5, 5.41) is 9.78. The number of hydrogen-bond acceptors (Lipinski definition) is 4. The van der Waals surface area contributed by atoms with Crippen molar-refractivity contribution in [1.82, 2.24) is 10.2 Å². The van der Waals surface area contributed by atoms with Crippen molar-refractivity contribution < 1.29 is 0 Å². The van der Waals surface area contributed by atoms with Crippen molar-refractivity contribution >= 4 is 29.6 Å². The standard InChI is InChI=1S/C13H11ClN4O/c14-12-11(9-16-18-13(12)19)17-15-8-4-7-10-5-2-1-3-6-10/h1-9H,(H2,17,18,19)/b7-4+,15-8+. The fourth-order valence-electron chi connectivity index (χ4n) is 1.33. The Kier molecular flexibility index (Phi) is 4.47.